The lowest BCUT2D eigenvalue weighted by Crippen LogP contribution is -2.40. The number of rotatable bonds is 7. The second kappa shape index (κ2) is 8.81. The average Bonchev–Trinajstić information content (AvgIpc) is 3.16. The largest absolute Gasteiger partial charge is 0.282 e. The third-order valence-corrected chi connectivity index (χ3v) is 6.40. The van der Waals surface area contributed by atoms with Crippen LogP contribution in [0.2, 0.25) is 0 Å². The van der Waals surface area contributed by atoms with E-state index >= 15 is 0 Å². The Morgan fingerprint density at radius 1 is 1.10 bits per heavy atom. The van der Waals surface area contributed by atoms with Crippen LogP contribution in [0.3, 0.4) is 0 Å². The number of carbonyl (C=O) groups excluding carboxylic acids is 1. The van der Waals surface area contributed by atoms with Crippen LogP contribution in [0.1, 0.15) is 5.56 Å². The van der Waals surface area contributed by atoms with Crippen molar-refractivity contribution in [3.05, 3.63) is 71.4 Å². The van der Waals surface area contributed by atoms with Crippen molar-refractivity contribution in [2.75, 3.05) is 24.7 Å². The highest BCUT2D eigenvalue weighted by atomic mass is 32.2. The van der Waals surface area contributed by atoms with Crippen LogP contribution >= 0.6 is 11.3 Å². The second-order valence-corrected chi connectivity index (χ2v) is 9.43. The summed E-state index contributed by atoms with van der Waals surface area (Å²) in [4.78, 5) is 18.9. The maximum atomic E-state index is 13.2. The molecule has 29 heavy (non-hydrogen) atoms. The molecule has 6 nitrogen and oxygen atoms in total. The molecule has 0 unspecified atom stereocenters. The molecule has 0 saturated heterocycles. The van der Waals surface area contributed by atoms with Gasteiger partial charge in [0.25, 0.3) is 0 Å². The fourth-order valence-electron chi connectivity index (χ4n) is 2.56. The molecule has 1 amide bonds. The molecule has 0 spiro atoms. The van der Waals surface area contributed by atoms with Crippen LogP contribution in [0.15, 0.2) is 60.0 Å². The first-order valence-corrected chi connectivity index (χ1v) is 11.4. The van der Waals surface area contributed by atoms with Gasteiger partial charge in [0, 0.05) is 18.0 Å². The van der Waals surface area contributed by atoms with Crippen LogP contribution in [0, 0.1) is 5.82 Å². The minimum Gasteiger partial charge on any atom is -0.282 e. The Bertz CT molecular complexity index is 1080. The lowest BCUT2D eigenvalue weighted by molar-refractivity contribution is -0.118. The number of amides is 1. The lowest BCUT2D eigenvalue weighted by Gasteiger charge is -2.22. The zero-order valence-corrected chi connectivity index (χ0v) is 17.6. The topological polar surface area (TPSA) is 70.6 Å². The van der Waals surface area contributed by atoms with Crippen LogP contribution in [-0.4, -0.2) is 43.5 Å². The standard InChI is InChI=1S/C20H20FN3O3S2/c1-23(29(2,26)27)13-19(25)24(12-15-6-4-3-5-7-15)20-22-18(14-28-20)16-8-10-17(21)11-9-16/h3-11,14H,12-13H2,1-2H3. The zero-order valence-electron chi connectivity index (χ0n) is 15.9. The Kier molecular flexibility index (Phi) is 6.41. The van der Waals surface area contributed by atoms with Crippen LogP contribution < -0.4 is 4.90 Å². The number of halogens is 1. The van der Waals surface area contributed by atoms with E-state index in [2.05, 4.69) is 4.98 Å². The summed E-state index contributed by atoms with van der Waals surface area (Å²) in [6, 6.07) is 15.3. The van der Waals surface area contributed by atoms with Gasteiger partial charge in [-0.3, -0.25) is 9.69 Å². The maximum Gasteiger partial charge on any atom is 0.244 e. The average molecular weight is 434 g/mol. The molecule has 0 saturated carbocycles. The lowest BCUT2D eigenvalue weighted by atomic mass is 10.2. The van der Waals surface area contributed by atoms with Crippen molar-refractivity contribution < 1.29 is 17.6 Å². The second-order valence-electron chi connectivity index (χ2n) is 6.51. The summed E-state index contributed by atoms with van der Waals surface area (Å²) in [6.07, 6.45) is 1.05. The summed E-state index contributed by atoms with van der Waals surface area (Å²) in [7, 11) is -2.13. The van der Waals surface area contributed by atoms with Gasteiger partial charge < -0.3 is 0 Å². The Balaban J connectivity index is 1.90. The molecule has 0 fully saturated rings. The van der Waals surface area contributed by atoms with E-state index in [1.807, 2.05) is 30.3 Å². The number of carbonyl (C=O) groups is 1. The number of nitrogens with zero attached hydrogens (tertiary/aromatic N) is 3. The van der Waals surface area contributed by atoms with E-state index in [9.17, 15) is 17.6 Å². The van der Waals surface area contributed by atoms with E-state index in [4.69, 9.17) is 0 Å². The molecular formula is C20H20FN3O3S2. The normalized spacial score (nSPS) is 11.6. The SMILES string of the molecule is CN(CC(=O)N(Cc1ccccc1)c1nc(-c2ccc(F)cc2)cs1)S(C)(=O)=O. The highest BCUT2D eigenvalue weighted by Gasteiger charge is 2.24. The fourth-order valence-corrected chi connectivity index (χ4v) is 3.76. The summed E-state index contributed by atoms with van der Waals surface area (Å²) in [5.41, 5.74) is 2.24. The number of benzene rings is 2. The van der Waals surface area contributed by atoms with E-state index < -0.39 is 10.0 Å². The van der Waals surface area contributed by atoms with Gasteiger partial charge >= 0.3 is 0 Å². The Labute approximate surface area is 173 Å². The minimum absolute atomic E-state index is 0.258. The maximum absolute atomic E-state index is 13.2. The van der Waals surface area contributed by atoms with E-state index in [-0.39, 0.29) is 24.8 Å². The van der Waals surface area contributed by atoms with Gasteiger partial charge in [0.2, 0.25) is 15.9 Å². The van der Waals surface area contributed by atoms with E-state index in [0.29, 0.717) is 10.8 Å². The van der Waals surface area contributed by atoms with Gasteiger partial charge in [-0.05, 0) is 29.8 Å². The molecule has 2 aromatic carbocycles. The van der Waals surface area contributed by atoms with Gasteiger partial charge in [-0.25, -0.2) is 17.8 Å². The summed E-state index contributed by atoms with van der Waals surface area (Å²) < 4.78 is 37.6. The Morgan fingerprint density at radius 3 is 2.38 bits per heavy atom. The van der Waals surface area contributed by atoms with Crippen molar-refractivity contribution in [2.45, 2.75) is 6.54 Å². The third-order valence-electron chi connectivity index (χ3n) is 4.27. The van der Waals surface area contributed by atoms with Gasteiger partial charge in [-0.1, -0.05) is 30.3 Å². The van der Waals surface area contributed by atoms with Crippen molar-refractivity contribution in [1.82, 2.24) is 9.29 Å². The highest BCUT2D eigenvalue weighted by molar-refractivity contribution is 7.88. The van der Waals surface area contributed by atoms with E-state index in [1.165, 1.54) is 35.4 Å². The van der Waals surface area contributed by atoms with Crippen LogP contribution in [0.25, 0.3) is 11.3 Å². The molecule has 9 heteroatoms. The molecule has 0 aliphatic heterocycles. The predicted molar refractivity (Wildman–Crippen MR) is 113 cm³/mol. The van der Waals surface area contributed by atoms with Crippen molar-refractivity contribution >= 4 is 32.4 Å². The fraction of sp³-hybridized carbons (Fsp3) is 0.200. The monoisotopic (exact) mass is 433 g/mol. The Morgan fingerprint density at radius 2 is 1.76 bits per heavy atom. The number of hydrogen-bond donors (Lipinski definition) is 0. The molecular weight excluding hydrogens is 413 g/mol. The molecule has 0 N–H and O–H groups in total. The first-order valence-electron chi connectivity index (χ1n) is 8.71. The van der Waals surface area contributed by atoms with E-state index in [0.717, 1.165) is 21.7 Å². The van der Waals surface area contributed by atoms with Crippen molar-refractivity contribution in [2.24, 2.45) is 0 Å². The number of aromatic nitrogens is 1. The summed E-state index contributed by atoms with van der Waals surface area (Å²) in [5.74, 6) is -0.726. The molecule has 152 valence electrons. The number of hydrogen-bond acceptors (Lipinski definition) is 5. The highest BCUT2D eigenvalue weighted by Crippen LogP contribution is 2.29. The van der Waals surface area contributed by atoms with Crippen LogP contribution in [0.5, 0.6) is 0 Å². The zero-order chi connectivity index (χ0) is 21.0. The number of anilines is 1. The summed E-state index contributed by atoms with van der Waals surface area (Å²) >= 11 is 1.27. The molecule has 3 aromatic rings. The Hall–Kier alpha value is -2.62. The summed E-state index contributed by atoms with van der Waals surface area (Å²) in [6.45, 7) is -0.0369. The minimum atomic E-state index is -3.49. The van der Waals surface area contributed by atoms with Gasteiger partial charge in [-0.15, -0.1) is 11.3 Å². The first-order chi connectivity index (χ1) is 13.7. The van der Waals surface area contributed by atoms with E-state index in [1.54, 1.807) is 17.5 Å². The molecule has 0 aliphatic carbocycles. The molecule has 0 bridgehead atoms. The number of likely N-dealkylation sites (N-methyl/N-ethyl adjacent to an activating group) is 1. The molecule has 1 aromatic heterocycles. The number of sulfonamides is 1. The molecule has 0 radical (unpaired) electrons. The predicted octanol–water partition coefficient (Wildman–Crippen LogP) is 3.37. The van der Waals surface area contributed by atoms with Gasteiger partial charge in [0.15, 0.2) is 5.13 Å². The number of thiazole rings is 1. The van der Waals surface area contributed by atoms with Crippen LogP contribution in [-0.2, 0) is 21.4 Å². The van der Waals surface area contributed by atoms with Gasteiger partial charge in [0.05, 0.1) is 25.0 Å². The summed E-state index contributed by atoms with van der Waals surface area (Å²) in [5, 5.41) is 2.23. The van der Waals surface area contributed by atoms with Crippen LogP contribution in [0.4, 0.5) is 9.52 Å². The molecule has 0 atom stereocenters. The molecule has 3 rings (SSSR count). The first kappa shape index (κ1) is 21.1. The molecule has 0 aliphatic rings. The third kappa shape index (κ3) is 5.47. The van der Waals surface area contributed by atoms with Crippen molar-refractivity contribution in [3.8, 4) is 11.3 Å². The quantitative estimate of drug-likeness (QED) is 0.573. The van der Waals surface area contributed by atoms with Gasteiger partial charge in [0.1, 0.15) is 5.82 Å². The van der Waals surface area contributed by atoms with Crippen molar-refractivity contribution in [3.63, 3.8) is 0 Å². The smallest absolute Gasteiger partial charge is 0.244 e. The van der Waals surface area contributed by atoms with Gasteiger partial charge in [-0.2, -0.15) is 4.31 Å². The van der Waals surface area contributed by atoms with Crippen molar-refractivity contribution in [1.29, 1.82) is 0 Å². The molecule has 1 heterocycles.